The van der Waals surface area contributed by atoms with Gasteiger partial charge in [-0.15, -0.1) is 0 Å². The fourth-order valence-corrected chi connectivity index (χ4v) is 6.57. The number of hydrogen-bond acceptors (Lipinski definition) is 4. The van der Waals surface area contributed by atoms with Crippen molar-refractivity contribution in [3.63, 3.8) is 0 Å². The van der Waals surface area contributed by atoms with Gasteiger partial charge in [-0.2, -0.15) is 0 Å². The van der Waals surface area contributed by atoms with Gasteiger partial charge in [0.15, 0.2) is 0 Å². The first kappa shape index (κ1) is 35.0. The Morgan fingerprint density at radius 3 is 2.09 bits per heavy atom. The molecule has 0 aliphatic rings. The molecule has 0 heterocycles. The van der Waals surface area contributed by atoms with E-state index in [9.17, 15) is 18.0 Å². The number of amides is 2. The van der Waals surface area contributed by atoms with Gasteiger partial charge >= 0.3 is 0 Å². The average molecular weight is 681 g/mol. The summed E-state index contributed by atoms with van der Waals surface area (Å²) in [7, 11) is -4.22. The van der Waals surface area contributed by atoms with Gasteiger partial charge in [0.25, 0.3) is 10.0 Å². The Hall–Kier alpha value is -3.85. The second-order valence-electron chi connectivity index (χ2n) is 11.8. The summed E-state index contributed by atoms with van der Waals surface area (Å²) in [4.78, 5) is 29.9. The van der Waals surface area contributed by atoms with Gasteiger partial charge in [-0.3, -0.25) is 13.9 Å². The first-order valence-corrected chi connectivity index (χ1v) is 17.3. The number of hydrogen-bond donors (Lipinski definition) is 1. The predicted molar refractivity (Wildman–Crippen MR) is 186 cm³/mol. The van der Waals surface area contributed by atoms with E-state index in [1.165, 1.54) is 23.1 Å². The summed E-state index contributed by atoms with van der Waals surface area (Å²) in [6.07, 6.45) is 0.227. The Kier molecular flexibility index (Phi) is 11.9. The lowest BCUT2D eigenvalue weighted by molar-refractivity contribution is -0.140. The van der Waals surface area contributed by atoms with Crippen LogP contribution in [0.3, 0.4) is 0 Å². The first-order valence-electron chi connectivity index (χ1n) is 15.1. The van der Waals surface area contributed by atoms with Gasteiger partial charge in [0.2, 0.25) is 11.8 Å². The second kappa shape index (κ2) is 15.6. The minimum Gasteiger partial charge on any atom is -0.354 e. The molecule has 0 saturated carbocycles. The number of sulfonamides is 1. The van der Waals surface area contributed by atoms with Crippen LogP contribution in [0.2, 0.25) is 10.0 Å². The van der Waals surface area contributed by atoms with Crippen molar-refractivity contribution >= 4 is 50.7 Å². The zero-order chi connectivity index (χ0) is 33.4. The maximum Gasteiger partial charge on any atom is 0.264 e. The summed E-state index contributed by atoms with van der Waals surface area (Å²) in [6, 6.07) is 26.8. The van der Waals surface area contributed by atoms with E-state index in [4.69, 9.17) is 23.2 Å². The summed E-state index contributed by atoms with van der Waals surface area (Å²) in [6.45, 7) is 7.56. The molecule has 0 aliphatic carbocycles. The van der Waals surface area contributed by atoms with E-state index < -0.39 is 28.5 Å². The summed E-state index contributed by atoms with van der Waals surface area (Å²) < 4.78 is 29.4. The molecule has 0 aliphatic heterocycles. The molecule has 0 unspecified atom stereocenters. The van der Waals surface area contributed by atoms with Crippen LogP contribution in [0.1, 0.15) is 36.1 Å². The second-order valence-corrected chi connectivity index (χ2v) is 14.5. The molecule has 0 fully saturated rings. The summed E-state index contributed by atoms with van der Waals surface area (Å²) in [5, 5.41) is 3.88. The molecule has 1 N–H and O–H groups in total. The SMILES string of the molecule is Cc1ccc(S(=O)(=O)N(CC(=O)N(Cc2ccc(Cl)cc2)[C@@H](Cc2ccccc2)C(=O)NCC(C)C)c2ccc(C)c(Cl)c2)cc1. The molecule has 0 spiro atoms. The van der Waals surface area contributed by atoms with Gasteiger partial charge < -0.3 is 10.2 Å². The van der Waals surface area contributed by atoms with Crippen LogP contribution in [0.25, 0.3) is 0 Å². The van der Waals surface area contributed by atoms with E-state index in [2.05, 4.69) is 5.32 Å². The van der Waals surface area contributed by atoms with Gasteiger partial charge in [0, 0.05) is 29.6 Å². The number of rotatable bonds is 13. The van der Waals surface area contributed by atoms with E-state index in [1.807, 2.05) is 58.0 Å². The Morgan fingerprint density at radius 1 is 0.826 bits per heavy atom. The Labute approximate surface area is 282 Å². The zero-order valence-corrected chi connectivity index (χ0v) is 28.7. The number of anilines is 1. The Bertz CT molecular complexity index is 1750. The van der Waals surface area contributed by atoms with Crippen LogP contribution >= 0.6 is 23.2 Å². The zero-order valence-electron chi connectivity index (χ0n) is 26.4. The third-order valence-electron chi connectivity index (χ3n) is 7.55. The molecular weight excluding hydrogens is 641 g/mol. The van der Waals surface area contributed by atoms with E-state index in [0.717, 1.165) is 26.6 Å². The largest absolute Gasteiger partial charge is 0.354 e. The van der Waals surface area contributed by atoms with E-state index >= 15 is 0 Å². The lowest BCUT2D eigenvalue weighted by atomic mass is 10.0. The van der Waals surface area contributed by atoms with Crippen molar-refractivity contribution < 1.29 is 18.0 Å². The monoisotopic (exact) mass is 679 g/mol. The maximum atomic E-state index is 14.5. The third-order valence-corrected chi connectivity index (χ3v) is 10.0. The molecule has 46 heavy (non-hydrogen) atoms. The minimum absolute atomic E-state index is 0.0300. The van der Waals surface area contributed by atoms with Gasteiger partial charge in [0.05, 0.1) is 10.6 Å². The Balaban J connectivity index is 1.81. The number of halogens is 2. The molecule has 4 aromatic carbocycles. The van der Waals surface area contributed by atoms with Crippen molar-refractivity contribution in [2.75, 3.05) is 17.4 Å². The van der Waals surface area contributed by atoms with Crippen LogP contribution in [0.5, 0.6) is 0 Å². The minimum atomic E-state index is -4.22. The van der Waals surface area contributed by atoms with Gasteiger partial charge in [-0.05, 0) is 72.9 Å². The number of nitrogens with one attached hydrogen (secondary N) is 1. The fraction of sp³-hybridized carbons (Fsp3) is 0.278. The van der Waals surface area contributed by atoms with Gasteiger partial charge in [0.1, 0.15) is 12.6 Å². The lowest BCUT2D eigenvalue weighted by Crippen LogP contribution is -2.53. The number of aryl methyl sites for hydroxylation is 2. The van der Waals surface area contributed by atoms with Gasteiger partial charge in [-0.1, -0.05) is 103 Å². The quantitative estimate of drug-likeness (QED) is 0.162. The normalized spacial score (nSPS) is 12.1. The highest BCUT2D eigenvalue weighted by atomic mass is 35.5. The van der Waals surface area contributed by atoms with Gasteiger partial charge in [-0.25, -0.2) is 8.42 Å². The summed E-state index contributed by atoms with van der Waals surface area (Å²) >= 11 is 12.6. The first-order chi connectivity index (χ1) is 21.8. The molecule has 7 nitrogen and oxygen atoms in total. The molecule has 4 aromatic rings. The number of benzene rings is 4. The summed E-state index contributed by atoms with van der Waals surface area (Å²) in [5.41, 5.74) is 3.48. The van der Waals surface area contributed by atoms with Crippen LogP contribution in [0.4, 0.5) is 5.69 Å². The smallest absolute Gasteiger partial charge is 0.264 e. The standard InChI is InChI=1S/C36H39Cl2N3O4S/c1-25(2)22-39-36(43)34(20-28-8-6-5-7-9-28)40(23-29-13-15-30(37)16-14-29)35(42)24-41(31-17-12-27(4)33(38)21-31)46(44,45)32-18-10-26(3)11-19-32/h5-19,21,25,34H,20,22-24H2,1-4H3,(H,39,43)/t34-/m0/s1. The predicted octanol–water partition coefficient (Wildman–Crippen LogP) is 7.22. The molecule has 4 rings (SSSR count). The van der Waals surface area contributed by atoms with Crippen LogP contribution in [-0.4, -0.2) is 44.3 Å². The molecule has 0 saturated heterocycles. The van der Waals surface area contributed by atoms with E-state index in [-0.39, 0.29) is 35.4 Å². The highest BCUT2D eigenvalue weighted by Crippen LogP contribution is 2.29. The Morgan fingerprint density at radius 2 is 1.48 bits per heavy atom. The maximum absolute atomic E-state index is 14.5. The van der Waals surface area contributed by atoms with Crippen LogP contribution in [-0.2, 0) is 32.6 Å². The highest BCUT2D eigenvalue weighted by Gasteiger charge is 2.34. The molecule has 2 amide bonds. The van der Waals surface area contributed by atoms with Crippen molar-refractivity contribution in [1.82, 2.24) is 10.2 Å². The lowest BCUT2D eigenvalue weighted by Gasteiger charge is -2.34. The third kappa shape index (κ3) is 9.12. The molecule has 0 bridgehead atoms. The molecule has 0 radical (unpaired) electrons. The van der Waals surface area contributed by atoms with E-state index in [1.54, 1.807) is 48.5 Å². The van der Waals surface area contributed by atoms with Crippen molar-refractivity contribution in [2.24, 2.45) is 5.92 Å². The van der Waals surface area contributed by atoms with Crippen LogP contribution < -0.4 is 9.62 Å². The number of nitrogens with zero attached hydrogens (tertiary/aromatic N) is 2. The topological polar surface area (TPSA) is 86.8 Å². The molecule has 1 atom stereocenters. The molecule has 242 valence electrons. The van der Waals surface area contributed by atoms with Crippen LogP contribution in [0, 0.1) is 19.8 Å². The average Bonchev–Trinajstić information content (AvgIpc) is 3.03. The van der Waals surface area contributed by atoms with Crippen LogP contribution in [0.15, 0.2) is 102 Å². The molecule has 10 heteroatoms. The van der Waals surface area contributed by atoms with Crippen molar-refractivity contribution in [3.05, 3.63) is 129 Å². The fourth-order valence-electron chi connectivity index (χ4n) is 4.87. The number of carbonyl (C=O) groups is 2. The van der Waals surface area contributed by atoms with Crippen molar-refractivity contribution in [3.8, 4) is 0 Å². The molecule has 0 aromatic heterocycles. The number of carbonyl (C=O) groups excluding carboxylic acids is 2. The van der Waals surface area contributed by atoms with Crippen molar-refractivity contribution in [2.45, 2.75) is 51.6 Å². The van der Waals surface area contributed by atoms with Crippen molar-refractivity contribution in [1.29, 1.82) is 0 Å². The highest BCUT2D eigenvalue weighted by molar-refractivity contribution is 7.92. The summed E-state index contributed by atoms with van der Waals surface area (Å²) in [5.74, 6) is -0.697. The van der Waals surface area contributed by atoms with E-state index in [0.29, 0.717) is 16.6 Å². The molecular formula is C36H39Cl2N3O4S.